The molecule has 0 unspecified atom stereocenters. The summed E-state index contributed by atoms with van der Waals surface area (Å²) in [6, 6.07) is 13.9. The highest BCUT2D eigenvalue weighted by molar-refractivity contribution is 9.10. The van der Waals surface area contributed by atoms with Crippen LogP contribution in [0, 0.1) is 0 Å². The molecule has 0 aliphatic rings. The Kier molecular flexibility index (Phi) is 2.37. The lowest BCUT2D eigenvalue weighted by atomic mass is 10.2. The Morgan fingerprint density at radius 1 is 1.06 bits per heavy atom. The summed E-state index contributed by atoms with van der Waals surface area (Å²) in [5, 5.41) is 0. The summed E-state index contributed by atoms with van der Waals surface area (Å²) < 4.78 is 3.11. The van der Waals surface area contributed by atoms with Crippen molar-refractivity contribution in [3.05, 3.63) is 53.3 Å². The second kappa shape index (κ2) is 3.89. The average Bonchev–Trinajstić information content (AvgIpc) is 2.73. The molecule has 4 heteroatoms. The fourth-order valence-corrected chi connectivity index (χ4v) is 2.10. The number of halogens is 1. The lowest BCUT2D eigenvalue weighted by molar-refractivity contribution is 1.09. The maximum Gasteiger partial charge on any atom is 0.100 e. The minimum atomic E-state index is 0.735. The molecule has 0 amide bonds. The van der Waals surface area contributed by atoms with Crippen LogP contribution in [-0.2, 0) is 0 Å². The molecule has 0 aliphatic heterocycles. The smallest absolute Gasteiger partial charge is 0.100 e. The van der Waals surface area contributed by atoms with Gasteiger partial charge in [-0.1, -0.05) is 15.9 Å². The monoisotopic (exact) mass is 287 g/mol. The normalized spacial score (nSPS) is 10.9. The van der Waals surface area contributed by atoms with E-state index in [0.29, 0.717) is 0 Å². The van der Waals surface area contributed by atoms with E-state index in [-0.39, 0.29) is 0 Å². The third-order valence-corrected chi connectivity index (χ3v) is 3.20. The molecule has 0 saturated heterocycles. The van der Waals surface area contributed by atoms with Crippen LogP contribution in [0.5, 0.6) is 0 Å². The fourth-order valence-electron chi connectivity index (χ4n) is 1.84. The molecule has 3 nitrogen and oxygen atoms in total. The minimum absolute atomic E-state index is 0.735. The summed E-state index contributed by atoms with van der Waals surface area (Å²) >= 11 is 3.43. The zero-order valence-electron chi connectivity index (χ0n) is 8.97. The highest BCUT2D eigenvalue weighted by atomic mass is 79.9. The van der Waals surface area contributed by atoms with Gasteiger partial charge in [-0.15, -0.1) is 0 Å². The van der Waals surface area contributed by atoms with Crippen LogP contribution in [0.25, 0.3) is 16.7 Å². The molecular weight excluding hydrogens is 278 g/mol. The molecule has 0 bridgehead atoms. The fraction of sp³-hybridized carbons (Fsp3) is 0. The number of nitrogens with zero attached hydrogens (tertiary/aromatic N) is 2. The zero-order chi connectivity index (χ0) is 11.8. The number of nitrogens with two attached hydrogens (primary N) is 1. The summed E-state index contributed by atoms with van der Waals surface area (Å²) in [6.45, 7) is 0. The summed E-state index contributed by atoms with van der Waals surface area (Å²) in [4.78, 5) is 4.35. The Balaban J connectivity index is 2.21. The average molecular weight is 288 g/mol. The Bertz CT molecular complexity index is 671. The summed E-state index contributed by atoms with van der Waals surface area (Å²) in [5.74, 6) is 0. The van der Waals surface area contributed by atoms with Gasteiger partial charge < -0.3 is 5.73 Å². The van der Waals surface area contributed by atoms with Gasteiger partial charge in [-0.2, -0.15) is 0 Å². The van der Waals surface area contributed by atoms with Crippen molar-refractivity contribution in [3.63, 3.8) is 0 Å². The molecule has 0 atom stereocenters. The number of fused-ring (bicyclic) bond motifs is 1. The van der Waals surface area contributed by atoms with E-state index in [1.165, 1.54) is 0 Å². The third-order valence-electron chi connectivity index (χ3n) is 2.68. The van der Waals surface area contributed by atoms with Gasteiger partial charge in [0, 0.05) is 15.8 Å². The molecule has 2 N–H and O–H groups in total. The first-order chi connectivity index (χ1) is 8.24. The van der Waals surface area contributed by atoms with Gasteiger partial charge in [0.1, 0.15) is 6.33 Å². The van der Waals surface area contributed by atoms with E-state index in [1.807, 2.05) is 53.4 Å². The van der Waals surface area contributed by atoms with Gasteiger partial charge in [0.2, 0.25) is 0 Å². The molecule has 0 spiro atoms. The predicted molar refractivity (Wildman–Crippen MR) is 73.2 cm³/mol. The van der Waals surface area contributed by atoms with Gasteiger partial charge in [-0.25, -0.2) is 4.98 Å². The quantitative estimate of drug-likeness (QED) is 0.698. The second-order valence-electron chi connectivity index (χ2n) is 3.84. The Morgan fingerprint density at radius 3 is 2.59 bits per heavy atom. The molecule has 1 heterocycles. The van der Waals surface area contributed by atoms with Crippen LogP contribution in [0.15, 0.2) is 53.3 Å². The Morgan fingerprint density at radius 2 is 1.82 bits per heavy atom. The molecule has 2 aromatic carbocycles. The first kappa shape index (κ1) is 10.4. The van der Waals surface area contributed by atoms with Crippen LogP contribution >= 0.6 is 15.9 Å². The molecule has 0 saturated carbocycles. The maximum absolute atomic E-state index is 5.74. The number of imidazole rings is 1. The van der Waals surface area contributed by atoms with E-state index in [9.17, 15) is 0 Å². The molecule has 84 valence electrons. The standard InChI is InChI=1S/C13H10BrN3/c14-9-1-4-11(5-2-9)17-8-16-12-7-10(15)3-6-13(12)17/h1-8H,15H2. The SMILES string of the molecule is Nc1ccc2c(c1)ncn2-c1ccc(Br)cc1. The molecule has 0 aliphatic carbocycles. The third kappa shape index (κ3) is 1.80. The Labute approximate surface area is 107 Å². The van der Waals surface area contributed by atoms with Crippen molar-refractivity contribution < 1.29 is 0 Å². The van der Waals surface area contributed by atoms with E-state index >= 15 is 0 Å². The molecule has 3 rings (SSSR count). The predicted octanol–water partition coefficient (Wildman–Crippen LogP) is 3.37. The molecule has 3 aromatic rings. The first-order valence-electron chi connectivity index (χ1n) is 5.22. The molecule has 0 fully saturated rings. The highest BCUT2D eigenvalue weighted by Gasteiger charge is 2.04. The number of rotatable bonds is 1. The number of benzene rings is 2. The van der Waals surface area contributed by atoms with Crippen molar-refractivity contribution in [2.75, 3.05) is 5.73 Å². The summed E-state index contributed by atoms with van der Waals surface area (Å²) in [7, 11) is 0. The van der Waals surface area contributed by atoms with E-state index in [0.717, 1.165) is 26.9 Å². The van der Waals surface area contributed by atoms with Gasteiger partial charge >= 0.3 is 0 Å². The lowest BCUT2D eigenvalue weighted by Gasteiger charge is -2.04. The van der Waals surface area contributed by atoms with Crippen LogP contribution < -0.4 is 5.73 Å². The van der Waals surface area contributed by atoms with Crippen molar-refractivity contribution in [3.8, 4) is 5.69 Å². The maximum atomic E-state index is 5.74. The zero-order valence-corrected chi connectivity index (χ0v) is 10.6. The van der Waals surface area contributed by atoms with Crippen molar-refractivity contribution >= 4 is 32.7 Å². The first-order valence-corrected chi connectivity index (χ1v) is 6.02. The van der Waals surface area contributed by atoms with Crippen molar-refractivity contribution in [2.24, 2.45) is 0 Å². The van der Waals surface area contributed by atoms with E-state index < -0.39 is 0 Å². The molecular formula is C13H10BrN3. The highest BCUT2D eigenvalue weighted by Crippen LogP contribution is 2.21. The Hall–Kier alpha value is -1.81. The van der Waals surface area contributed by atoms with Gasteiger partial charge in [-0.3, -0.25) is 4.57 Å². The van der Waals surface area contributed by atoms with Gasteiger partial charge in [0.15, 0.2) is 0 Å². The summed E-state index contributed by atoms with van der Waals surface area (Å²) in [6.07, 6.45) is 1.81. The number of aromatic nitrogens is 2. The molecule has 1 aromatic heterocycles. The number of hydrogen-bond donors (Lipinski definition) is 1. The van der Waals surface area contributed by atoms with Crippen LogP contribution in [0.2, 0.25) is 0 Å². The van der Waals surface area contributed by atoms with E-state index in [4.69, 9.17) is 5.73 Å². The van der Waals surface area contributed by atoms with Crippen LogP contribution in [0.4, 0.5) is 5.69 Å². The topological polar surface area (TPSA) is 43.8 Å². The van der Waals surface area contributed by atoms with Gasteiger partial charge in [0.25, 0.3) is 0 Å². The molecule has 0 radical (unpaired) electrons. The number of anilines is 1. The van der Waals surface area contributed by atoms with E-state index in [1.54, 1.807) is 0 Å². The summed E-state index contributed by atoms with van der Waals surface area (Å²) in [5.41, 5.74) is 9.52. The lowest BCUT2D eigenvalue weighted by Crippen LogP contribution is -1.91. The molecule has 17 heavy (non-hydrogen) atoms. The van der Waals surface area contributed by atoms with Crippen molar-refractivity contribution in [1.82, 2.24) is 9.55 Å². The van der Waals surface area contributed by atoms with Crippen LogP contribution in [0.3, 0.4) is 0 Å². The van der Waals surface area contributed by atoms with Crippen molar-refractivity contribution in [2.45, 2.75) is 0 Å². The second-order valence-corrected chi connectivity index (χ2v) is 4.75. The van der Waals surface area contributed by atoms with E-state index in [2.05, 4.69) is 20.9 Å². The van der Waals surface area contributed by atoms with Crippen LogP contribution in [-0.4, -0.2) is 9.55 Å². The number of nitrogen functional groups attached to an aromatic ring is 1. The van der Waals surface area contributed by atoms with Gasteiger partial charge in [-0.05, 0) is 42.5 Å². The van der Waals surface area contributed by atoms with Gasteiger partial charge in [0.05, 0.1) is 11.0 Å². The van der Waals surface area contributed by atoms with Crippen molar-refractivity contribution in [1.29, 1.82) is 0 Å². The largest absolute Gasteiger partial charge is 0.399 e. The number of hydrogen-bond acceptors (Lipinski definition) is 2. The van der Waals surface area contributed by atoms with Crippen LogP contribution in [0.1, 0.15) is 0 Å². The minimum Gasteiger partial charge on any atom is -0.399 e.